The van der Waals surface area contributed by atoms with E-state index in [1.54, 1.807) is 6.07 Å². The number of carbonyl (C=O) groups excluding carboxylic acids is 1. The van der Waals surface area contributed by atoms with Gasteiger partial charge < -0.3 is 15.8 Å². The fourth-order valence-corrected chi connectivity index (χ4v) is 2.32. The van der Waals surface area contributed by atoms with Crippen LogP contribution in [0.15, 0.2) is 24.3 Å². The summed E-state index contributed by atoms with van der Waals surface area (Å²) in [4.78, 5) is 19.7. The SMILES string of the molecule is Cc1cc(N)nc(COc2ccc3c(c2)CCC(=O)N3)n1. The number of nitrogens with zero attached hydrogens (tertiary/aromatic N) is 2. The summed E-state index contributed by atoms with van der Waals surface area (Å²) in [5, 5.41) is 2.84. The van der Waals surface area contributed by atoms with Crippen molar-refractivity contribution in [1.29, 1.82) is 0 Å². The van der Waals surface area contributed by atoms with Gasteiger partial charge in [0, 0.05) is 23.9 Å². The number of hydrogen-bond acceptors (Lipinski definition) is 5. The van der Waals surface area contributed by atoms with Crippen molar-refractivity contribution in [3.63, 3.8) is 0 Å². The van der Waals surface area contributed by atoms with E-state index < -0.39 is 0 Å². The van der Waals surface area contributed by atoms with Gasteiger partial charge in [-0.1, -0.05) is 0 Å². The number of ether oxygens (including phenoxy) is 1. The van der Waals surface area contributed by atoms with Crippen LogP contribution in [0.2, 0.25) is 0 Å². The molecule has 0 aliphatic carbocycles. The molecule has 0 radical (unpaired) electrons. The van der Waals surface area contributed by atoms with Crippen LogP contribution in [0.5, 0.6) is 5.75 Å². The van der Waals surface area contributed by atoms with E-state index in [4.69, 9.17) is 10.5 Å². The molecule has 6 nitrogen and oxygen atoms in total. The third kappa shape index (κ3) is 3.10. The van der Waals surface area contributed by atoms with Gasteiger partial charge in [-0.2, -0.15) is 0 Å². The molecule has 2 heterocycles. The second kappa shape index (κ2) is 5.40. The molecule has 1 aliphatic rings. The molecule has 0 bridgehead atoms. The van der Waals surface area contributed by atoms with Gasteiger partial charge in [-0.25, -0.2) is 9.97 Å². The van der Waals surface area contributed by atoms with Crippen molar-refractivity contribution in [2.75, 3.05) is 11.1 Å². The summed E-state index contributed by atoms with van der Waals surface area (Å²) in [5.41, 5.74) is 8.44. The van der Waals surface area contributed by atoms with Crippen LogP contribution in [0, 0.1) is 6.92 Å². The lowest BCUT2D eigenvalue weighted by molar-refractivity contribution is -0.116. The van der Waals surface area contributed by atoms with Gasteiger partial charge in [-0.3, -0.25) is 4.79 Å². The largest absolute Gasteiger partial charge is 0.486 e. The zero-order chi connectivity index (χ0) is 14.8. The number of aryl methyl sites for hydroxylation is 2. The Morgan fingerprint density at radius 3 is 2.95 bits per heavy atom. The lowest BCUT2D eigenvalue weighted by Gasteiger charge is -2.17. The molecule has 21 heavy (non-hydrogen) atoms. The molecule has 2 aromatic rings. The number of aromatic nitrogens is 2. The Labute approximate surface area is 122 Å². The van der Waals surface area contributed by atoms with Gasteiger partial charge in [-0.15, -0.1) is 0 Å². The summed E-state index contributed by atoms with van der Waals surface area (Å²) in [5.74, 6) is 1.78. The predicted molar refractivity (Wildman–Crippen MR) is 78.9 cm³/mol. The molecule has 0 unspecified atom stereocenters. The molecule has 0 fully saturated rings. The zero-order valence-electron chi connectivity index (χ0n) is 11.7. The maximum atomic E-state index is 11.3. The number of anilines is 2. The van der Waals surface area contributed by atoms with Gasteiger partial charge in [-0.05, 0) is 37.1 Å². The third-order valence-electron chi connectivity index (χ3n) is 3.26. The molecular weight excluding hydrogens is 268 g/mol. The van der Waals surface area contributed by atoms with E-state index in [0.29, 0.717) is 18.1 Å². The van der Waals surface area contributed by atoms with E-state index in [-0.39, 0.29) is 12.5 Å². The topological polar surface area (TPSA) is 90.1 Å². The van der Waals surface area contributed by atoms with Crippen molar-refractivity contribution in [3.05, 3.63) is 41.3 Å². The number of nitrogens with two attached hydrogens (primary N) is 1. The second-order valence-corrected chi connectivity index (χ2v) is 5.01. The Morgan fingerprint density at radius 2 is 2.14 bits per heavy atom. The van der Waals surface area contributed by atoms with E-state index in [1.807, 2.05) is 25.1 Å². The number of amides is 1. The highest BCUT2D eigenvalue weighted by atomic mass is 16.5. The van der Waals surface area contributed by atoms with Crippen LogP contribution in [-0.2, 0) is 17.8 Å². The average Bonchev–Trinajstić information content (AvgIpc) is 2.44. The van der Waals surface area contributed by atoms with Crippen molar-refractivity contribution in [3.8, 4) is 5.75 Å². The molecule has 1 aromatic heterocycles. The molecule has 0 spiro atoms. The van der Waals surface area contributed by atoms with Crippen molar-refractivity contribution in [1.82, 2.24) is 9.97 Å². The highest BCUT2D eigenvalue weighted by Gasteiger charge is 2.15. The minimum absolute atomic E-state index is 0.0554. The van der Waals surface area contributed by atoms with Crippen molar-refractivity contribution in [2.45, 2.75) is 26.4 Å². The lowest BCUT2D eigenvalue weighted by atomic mass is 10.0. The molecule has 3 N–H and O–H groups in total. The number of nitrogens with one attached hydrogen (secondary N) is 1. The number of benzene rings is 1. The van der Waals surface area contributed by atoms with Crippen molar-refractivity contribution < 1.29 is 9.53 Å². The van der Waals surface area contributed by atoms with Crippen LogP contribution in [0.3, 0.4) is 0 Å². The summed E-state index contributed by atoms with van der Waals surface area (Å²) in [6.45, 7) is 2.13. The van der Waals surface area contributed by atoms with Gasteiger partial charge in [0.05, 0.1) is 0 Å². The molecule has 0 atom stereocenters. The van der Waals surface area contributed by atoms with E-state index in [0.717, 1.165) is 29.1 Å². The second-order valence-electron chi connectivity index (χ2n) is 5.01. The minimum atomic E-state index is 0.0554. The summed E-state index contributed by atoms with van der Waals surface area (Å²) >= 11 is 0. The molecule has 1 aliphatic heterocycles. The third-order valence-corrected chi connectivity index (χ3v) is 3.26. The Kier molecular flexibility index (Phi) is 3.43. The van der Waals surface area contributed by atoms with Crippen LogP contribution in [0.25, 0.3) is 0 Å². The molecular formula is C15H16N4O2. The van der Waals surface area contributed by atoms with Gasteiger partial charge in [0.2, 0.25) is 5.91 Å². The first-order chi connectivity index (χ1) is 10.1. The summed E-state index contributed by atoms with van der Waals surface area (Å²) in [6.07, 6.45) is 1.24. The first-order valence-electron chi connectivity index (χ1n) is 6.76. The standard InChI is InChI=1S/C15H16N4O2/c1-9-6-13(16)19-14(17-9)8-21-11-3-4-12-10(7-11)2-5-15(20)18-12/h3-4,6-7H,2,5,8H2,1H3,(H,18,20)(H2,16,17,19). The lowest BCUT2D eigenvalue weighted by Crippen LogP contribution is -2.18. The van der Waals surface area contributed by atoms with E-state index in [2.05, 4.69) is 15.3 Å². The van der Waals surface area contributed by atoms with E-state index >= 15 is 0 Å². The Balaban J connectivity index is 1.72. The number of carbonyl (C=O) groups is 1. The van der Waals surface area contributed by atoms with Crippen LogP contribution in [0.4, 0.5) is 11.5 Å². The number of fused-ring (bicyclic) bond motifs is 1. The molecule has 108 valence electrons. The Morgan fingerprint density at radius 1 is 1.29 bits per heavy atom. The van der Waals surface area contributed by atoms with Crippen molar-refractivity contribution in [2.24, 2.45) is 0 Å². The Hall–Kier alpha value is -2.63. The summed E-state index contributed by atoms with van der Waals surface area (Å²) in [6, 6.07) is 7.33. The fourth-order valence-electron chi connectivity index (χ4n) is 2.32. The molecule has 0 saturated carbocycles. The first kappa shape index (κ1) is 13.4. The van der Waals surface area contributed by atoms with E-state index in [9.17, 15) is 4.79 Å². The molecule has 3 rings (SSSR count). The zero-order valence-corrected chi connectivity index (χ0v) is 11.7. The van der Waals surface area contributed by atoms with Crippen LogP contribution in [0.1, 0.15) is 23.5 Å². The monoisotopic (exact) mass is 284 g/mol. The molecule has 6 heteroatoms. The number of rotatable bonds is 3. The summed E-state index contributed by atoms with van der Waals surface area (Å²) < 4.78 is 5.70. The quantitative estimate of drug-likeness (QED) is 0.897. The van der Waals surface area contributed by atoms with Gasteiger partial charge >= 0.3 is 0 Å². The molecule has 1 aromatic carbocycles. The predicted octanol–water partition coefficient (Wildman–Crippen LogP) is 1.83. The number of hydrogen-bond donors (Lipinski definition) is 2. The maximum Gasteiger partial charge on any atom is 0.224 e. The normalized spacial score (nSPS) is 13.5. The average molecular weight is 284 g/mol. The van der Waals surface area contributed by atoms with Crippen LogP contribution < -0.4 is 15.8 Å². The number of nitrogen functional groups attached to an aromatic ring is 1. The smallest absolute Gasteiger partial charge is 0.224 e. The Bertz CT molecular complexity index is 680. The minimum Gasteiger partial charge on any atom is -0.486 e. The van der Waals surface area contributed by atoms with Crippen LogP contribution in [-0.4, -0.2) is 15.9 Å². The highest BCUT2D eigenvalue weighted by molar-refractivity contribution is 5.93. The van der Waals surface area contributed by atoms with Gasteiger partial charge in [0.25, 0.3) is 0 Å². The van der Waals surface area contributed by atoms with Gasteiger partial charge in [0.15, 0.2) is 5.82 Å². The molecule has 1 amide bonds. The highest BCUT2D eigenvalue weighted by Crippen LogP contribution is 2.27. The van der Waals surface area contributed by atoms with Gasteiger partial charge in [0.1, 0.15) is 18.2 Å². The molecule has 0 saturated heterocycles. The first-order valence-corrected chi connectivity index (χ1v) is 6.76. The van der Waals surface area contributed by atoms with E-state index in [1.165, 1.54) is 0 Å². The summed E-state index contributed by atoms with van der Waals surface area (Å²) in [7, 11) is 0. The van der Waals surface area contributed by atoms with Crippen molar-refractivity contribution >= 4 is 17.4 Å². The maximum absolute atomic E-state index is 11.3. The van der Waals surface area contributed by atoms with Crippen LogP contribution >= 0.6 is 0 Å². The fraction of sp³-hybridized carbons (Fsp3) is 0.267.